The van der Waals surface area contributed by atoms with Crippen molar-refractivity contribution in [1.29, 1.82) is 0 Å². The molecule has 0 radical (unpaired) electrons. The minimum absolute atomic E-state index is 0.247. The van der Waals surface area contributed by atoms with Crippen molar-refractivity contribution >= 4 is 29.0 Å². The topological polar surface area (TPSA) is 77.8 Å². The predicted octanol–water partition coefficient (Wildman–Crippen LogP) is 4.55. The van der Waals surface area contributed by atoms with Gasteiger partial charge < -0.3 is 15.1 Å². The molecule has 0 saturated carbocycles. The van der Waals surface area contributed by atoms with Gasteiger partial charge in [0.1, 0.15) is 0 Å². The SMILES string of the molecule is O=C(O)c1cccc(N(c2ccccc2)c2ccccc2)c1C(=O)O. The molecule has 0 aliphatic carbocycles. The molecule has 0 aliphatic heterocycles. The monoisotopic (exact) mass is 333 g/mol. The van der Waals surface area contributed by atoms with E-state index in [1.165, 1.54) is 6.07 Å². The largest absolute Gasteiger partial charge is 0.478 e. The Morgan fingerprint density at radius 3 is 1.60 bits per heavy atom. The number of rotatable bonds is 5. The zero-order valence-corrected chi connectivity index (χ0v) is 13.2. The first-order valence-electron chi connectivity index (χ1n) is 7.59. The normalized spacial score (nSPS) is 10.2. The van der Waals surface area contributed by atoms with Crippen LogP contribution in [0.1, 0.15) is 20.7 Å². The molecular formula is C20H15NO4. The lowest BCUT2D eigenvalue weighted by Crippen LogP contribution is -2.17. The first kappa shape index (κ1) is 16.3. The van der Waals surface area contributed by atoms with E-state index >= 15 is 0 Å². The van der Waals surface area contributed by atoms with E-state index in [2.05, 4.69) is 0 Å². The van der Waals surface area contributed by atoms with Gasteiger partial charge in [-0.3, -0.25) is 0 Å². The molecule has 3 aromatic rings. The molecule has 0 aliphatic rings. The molecule has 0 atom stereocenters. The molecule has 3 rings (SSSR count). The Bertz CT molecular complexity index is 868. The molecule has 0 bridgehead atoms. The van der Waals surface area contributed by atoms with E-state index in [0.29, 0.717) is 5.69 Å². The third-order valence-corrected chi connectivity index (χ3v) is 3.76. The zero-order chi connectivity index (χ0) is 17.8. The second kappa shape index (κ2) is 6.88. The number of carbonyl (C=O) groups is 2. The number of benzene rings is 3. The predicted molar refractivity (Wildman–Crippen MR) is 95.0 cm³/mol. The Kier molecular flexibility index (Phi) is 4.48. The van der Waals surface area contributed by atoms with Crippen molar-refractivity contribution < 1.29 is 19.8 Å². The van der Waals surface area contributed by atoms with Crippen LogP contribution < -0.4 is 4.90 Å². The highest BCUT2D eigenvalue weighted by atomic mass is 16.4. The van der Waals surface area contributed by atoms with Gasteiger partial charge in [-0.05, 0) is 36.4 Å². The van der Waals surface area contributed by atoms with E-state index in [1.54, 1.807) is 17.0 Å². The highest BCUT2D eigenvalue weighted by Gasteiger charge is 2.24. The van der Waals surface area contributed by atoms with Crippen LogP contribution in [0.4, 0.5) is 17.1 Å². The molecule has 25 heavy (non-hydrogen) atoms. The molecule has 0 spiro atoms. The number of para-hydroxylation sites is 2. The average molecular weight is 333 g/mol. The Morgan fingerprint density at radius 1 is 0.640 bits per heavy atom. The van der Waals surface area contributed by atoms with Gasteiger partial charge in [0.2, 0.25) is 0 Å². The van der Waals surface area contributed by atoms with Crippen molar-refractivity contribution in [3.8, 4) is 0 Å². The molecule has 0 heterocycles. The summed E-state index contributed by atoms with van der Waals surface area (Å²) in [7, 11) is 0. The molecule has 0 fully saturated rings. The fraction of sp³-hybridized carbons (Fsp3) is 0. The van der Waals surface area contributed by atoms with Gasteiger partial charge in [-0.15, -0.1) is 0 Å². The van der Waals surface area contributed by atoms with Crippen LogP contribution in [0.3, 0.4) is 0 Å². The van der Waals surface area contributed by atoms with Gasteiger partial charge in [0, 0.05) is 11.4 Å². The lowest BCUT2D eigenvalue weighted by atomic mass is 10.0. The summed E-state index contributed by atoms with van der Waals surface area (Å²) >= 11 is 0. The van der Waals surface area contributed by atoms with E-state index < -0.39 is 11.9 Å². The Hall–Kier alpha value is -3.60. The van der Waals surface area contributed by atoms with Crippen LogP contribution >= 0.6 is 0 Å². The van der Waals surface area contributed by atoms with Crippen LogP contribution in [-0.4, -0.2) is 22.2 Å². The average Bonchev–Trinajstić information content (AvgIpc) is 2.63. The summed E-state index contributed by atoms with van der Waals surface area (Å²) in [5.41, 5.74) is 1.27. The zero-order valence-electron chi connectivity index (χ0n) is 13.2. The van der Waals surface area contributed by atoms with Gasteiger partial charge in [-0.1, -0.05) is 42.5 Å². The quantitative estimate of drug-likeness (QED) is 0.716. The smallest absolute Gasteiger partial charge is 0.338 e. The molecular weight excluding hydrogens is 318 g/mol. The third kappa shape index (κ3) is 3.21. The van der Waals surface area contributed by atoms with Gasteiger partial charge in [0.05, 0.1) is 16.8 Å². The Morgan fingerprint density at radius 2 is 1.16 bits per heavy atom. The minimum Gasteiger partial charge on any atom is -0.478 e. The second-order valence-corrected chi connectivity index (χ2v) is 5.32. The van der Waals surface area contributed by atoms with Crippen LogP contribution in [0.15, 0.2) is 78.9 Å². The number of carboxylic acids is 2. The van der Waals surface area contributed by atoms with Gasteiger partial charge in [0.25, 0.3) is 0 Å². The molecule has 5 heteroatoms. The highest BCUT2D eigenvalue weighted by molar-refractivity contribution is 6.07. The molecule has 5 nitrogen and oxygen atoms in total. The minimum atomic E-state index is -1.29. The van der Waals surface area contributed by atoms with E-state index in [4.69, 9.17) is 0 Å². The lowest BCUT2D eigenvalue weighted by Gasteiger charge is -2.27. The van der Waals surface area contributed by atoms with Crippen molar-refractivity contribution in [3.05, 3.63) is 90.0 Å². The van der Waals surface area contributed by atoms with E-state index in [0.717, 1.165) is 11.4 Å². The summed E-state index contributed by atoms with van der Waals surface area (Å²) in [5.74, 6) is -2.56. The summed E-state index contributed by atoms with van der Waals surface area (Å²) in [6.07, 6.45) is 0. The summed E-state index contributed by atoms with van der Waals surface area (Å²) in [6, 6.07) is 22.9. The third-order valence-electron chi connectivity index (χ3n) is 3.76. The molecule has 0 saturated heterocycles. The Balaban J connectivity index is 2.30. The number of carboxylic acid groups (broad SMARTS) is 2. The van der Waals surface area contributed by atoms with Crippen molar-refractivity contribution in [1.82, 2.24) is 0 Å². The maximum atomic E-state index is 11.8. The summed E-state index contributed by atoms with van der Waals surface area (Å²) in [4.78, 5) is 25.0. The van der Waals surface area contributed by atoms with Crippen LogP contribution in [0, 0.1) is 0 Å². The van der Waals surface area contributed by atoms with Crippen LogP contribution in [0.2, 0.25) is 0 Å². The summed E-state index contributed by atoms with van der Waals surface area (Å²) < 4.78 is 0. The fourth-order valence-electron chi connectivity index (χ4n) is 2.71. The number of hydrogen-bond acceptors (Lipinski definition) is 3. The van der Waals surface area contributed by atoms with Crippen molar-refractivity contribution in [2.75, 3.05) is 4.90 Å². The van der Waals surface area contributed by atoms with Crippen molar-refractivity contribution in [2.45, 2.75) is 0 Å². The maximum Gasteiger partial charge on any atom is 0.338 e. The standard InChI is InChI=1S/C20H15NO4/c22-19(23)16-12-7-13-17(18(16)20(24)25)21(14-8-3-1-4-9-14)15-10-5-2-6-11-15/h1-13H,(H,22,23)(H,24,25). The molecule has 3 aromatic carbocycles. The molecule has 0 unspecified atom stereocenters. The molecule has 0 aromatic heterocycles. The highest BCUT2D eigenvalue weighted by Crippen LogP contribution is 2.37. The first-order chi connectivity index (χ1) is 12.1. The number of hydrogen-bond donors (Lipinski definition) is 2. The lowest BCUT2D eigenvalue weighted by molar-refractivity contribution is 0.0652. The number of anilines is 3. The van der Waals surface area contributed by atoms with Gasteiger partial charge in [0.15, 0.2) is 0 Å². The van der Waals surface area contributed by atoms with Crippen LogP contribution in [0.25, 0.3) is 0 Å². The summed E-state index contributed by atoms with van der Waals surface area (Å²) in [6.45, 7) is 0. The molecule has 2 N–H and O–H groups in total. The number of nitrogens with zero attached hydrogens (tertiary/aromatic N) is 1. The van der Waals surface area contributed by atoms with E-state index in [9.17, 15) is 19.8 Å². The molecule has 124 valence electrons. The maximum absolute atomic E-state index is 11.8. The van der Waals surface area contributed by atoms with Crippen molar-refractivity contribution in [2.24, 2.45) is 0 Å². The van der Waals surface area contributed by atoms with Crippen LogP contribution in [-0.2, 0) is 0 Å². The fourth-order valence-corrected chi connectivity index (χ4v) is 2.71. The molecule has 0 amide bonds. The van der Waals surface area contributed by atoms with E-state index in [-0.39, 0.29) is 11.1 Å². The van der Waals surface area contributed by atoms with Gasteiger partial charge in [-0.25, -0.2) is 9.59 Å². The van der Waals surface area contributed by atoms with Crippen molar-refractivity contribution in [3.63, 3.8) is 0 Å². The Labute approximate surface area is 144 Å². The summed E-state index contributed by atoms with van der Waals surface area (Å²) in [5, 5.41) is 19.0. The second-order valence-electron chi connectivity index (χ2n) is 5.32. The van der Waals surface area contributed by atoms with E-state index in [1.807, 2.05) is 60.7 Å². The number of aromatic carboxylic acids is 2. The van der Waals surface area contributed by atoms with Crippen LogP contribution in [0.5, 0.6) is 0 Å². The first-order valence-corrected chi connectivity index (χ1v) is 7.59. The van der Waals surface area contributed by atoms with Gasteiger partial charge >= 0.3 is 11.9 Å². The van der Waals surface area contributed by atoms with Gasteiger partial charge in [-0.2, -0.15) is 0 Å².